The molecule has 20 heavy (non-hydrogen) atoms. The van der Waals surface area contributed by atoms with Gasteiger partial charge in [-0.2, -0.15) is 0 Å². The minimum atomic E-state index is -3.77. The minimum absolute atomic E-state index is 0.0676. The molecule has 1 aromatic heterocycles. The molecule has 0 N–H and O–H groups in total. The second kappa shape index (κ2) is 5.04. The van der Waals surface area contributed by atoms with Crippen LogP contribution in [-0.2, 0) is 20.0 Å². The Morgan fingerprint density at radius 2 is 1.50 bits per heavy atom. The van der Waals surface area contributed by atoms with Gasteiger partial charge in [0.25, 0.3) is 10.0 Å². The van der Waals surface area contributed by atoms with Crippen LogP contribution in [0.25, 0.3) is 0 Å². The molecule has 6 nitrogen and oxygen atoms in total. The molecule has 0 aliphatic rings. The van der Waals surface area contributed by atoms with Crippen LogP contribution in [0.5, 0.6) is 0 Å². The van der Waals surface area contributed by atoms with E-state index in [0.717, 1.165) is 14.5 Å². The average molecular weight is 314 g/mol. The summed E-state index contributed by atoms with van der Waals surface area (Å²) in [5.74, 6) is 0. The molecule has 0 aliphatic carbocycles. The van der Waals surface area contributed by atoms with Gasteiger partial charge in [-0.05, 0) is 18.2 Å². The molecule has 0 unspecified atom stereocenters. The Morgan fingerprint density at radius 3 is 2.05 bits per heavy atom. The average Bonchev–Trinajstić information content (AvgIpc) is 2.90. The third-order valence-corrected chi connectivity index (χ3v) is 6.19. The largest absolute Gasteiger partial charge is 0.267 e. The first kappa shape index (κ1) is 14.8. The van der Waals surface area contributed by atoms with Crippen molar-refractivity contribution in [1.29, 1.82) is 0 Å². The first-order chi connectivity index (χ1) is 9.26. The molecule has 0 atom stereocenters. The van der Waals surface area contributed by atoms with Crippen molar-refractivity contribution in [2.75, 3.05) is 14.1 Å². The second-order valence-electron chi connectivity index (χ2n) is 4.28. The lowest BCUT2D eigenvalue weighted by molar-refractivity contribution is 0.521. The lowest BCUT2D eigenvalue weighted by atomic mass is 10.4. The predicted octanol–water partition coefficient (Wildman–Crippen LogP) is 0.975. The topological polar surface area (TPSA) is 76.5 Å². The molecule has 0 radical (unpaired) electrons. The Balaban J connectivity index is 2.50. The van der Waals surface area contributed by atoms with Gasteiger partial charge >= 0.3 is 0 Å². The van der Waals surface area contributed by atoms with Crippen molar-refractivity contribution in [1.82, 2.24) is 8.28 Å². The van der Waals surface area contributed by atoms with E-state index in [0.29, 0.717) is 0 Å². The standard InChI is InChI=1S/C12H14N2O4S2/c1-13(2)19(15,16)12-8-9-14(10-12)20(17,18)11-6-4-3-5-7-11/h3-10H,1-2H3. The first-order valence-corrected chi connectivity index (χ1v) is 8.55. The SMILES string of the molecule is CN(C)S(=O)(=O)c1ccn(S(=O)(=O)c2ccccc2)c1. The molecular weight excluding hydrogens is 300 g/mol. The third kappa shape index (κ3) is 2.49. The van der Waals surface area contributed by atoms with E-state index in [2.05, 4.69) is 0 Å². The van der Waals surface area contributed by atoms with E-state index in [1.165, 1.54) is 38.5 Å². The quantitative estimate of drug-likeness (QED) is 0.843. The van der Waals surface area contributed by atoms with Crippen LogP contribution in [0.4, 0.5) is 0 Å². The lowest BCUT2D eigenvalue weighted by Gasteiger charge is -2.09. The Kier molecular flexibility index (Phi) is 3.72. The van der Waals surface area contributed by atoms with Crippen molar-refractivity contribution < 1.29 is 16.8 Å². The highest BCUT2D eigenvalue weighted by atomic mass is 32.2. The fourth-order valence-corrected chi connectivity index (χ4v) is 3.77. The Hall–Kier alpha value is -1.64. The highest BCUT2D eigenvalue weighted by Crippen LogP contribution is 2.18. The van der Waals surface area contributed by atoms with Crippen LogP contribution >= 0.6 is 0 Å². The fraction of sp³-hybridized carbons (Fsp3) is 0.167. The van der Waals surface area contributed by atoms with E-state index in [4.69, 9.17) is 0 Å². The first-order valence-electron chi connectivity index (χ1n) is 5.67. The molecule has 1 aromatic carbocycles. The number of sulfonamides is 1. The van der Waals surface area contributed by atoms with E-state index < -0.39 is 20.0 Å². The fourth-order valence-electron chi connectivity index (χ4n) is 1.59. The maximum atomic E-state index is 12.3. The monoisotopic (exact) mass is 314 g/mol. The van der Waals surface area contributed by atoms with Crippen LogP contribution in [0.2, 0.25) is 0 Å². The summed E-state index contributed by atoms with van der Waals surface area (Å²) in [6.45, 7) is 0. The molecule has 0 aliphatic heterocycles. The summed E-state index contributed by atoms with van der Waals surface area (Å²) in [5, 5.41) is 0. The highest BCUT2D eigenvalue weighted by molar-refractivity contribution is 7.90. The highest BCUT2D eigenvalue weighted by Gasteiger charge is 2.22. The maximum absolute atomic E-state index is 12.3. The van der Waals surface area contributed by atoms with Crippen molar-refractivity contribution in [3.63, 3.8) is 0 Å². The number of hydrogen-bond donors (Lipinski definition) is 0. The number of nitrogens with zero attached hydrogens (tertiary/aromatic N) is 2. The summed E-state index contributed by atoms with van der Waals surface area (Å²) in [7, 11) is -4.65. The molecule has 0 saturated carbocycles. The van der Waals surface area contributed by atoms with Gasteiger partial charge in [0.15, 0.2) is 0 Å². The Labute approximate surface area is 118 Å². The molecule has 108 valence electrons. The summed E-state index contributed by atoms with van der Waals surface area (Å²) in [4.78, 5) is 0.0337. The smallest absolute Gasteiger partial charge is 0.248 e. The molecule has 0 saturated heterocycles. The lowest BCUT2D eigenvalue weighted by Crippen LogP contribution is -2.22. The molecule has 0 fully saturated rings. The van der Waals surface area contributed by atoms with Crippen LogP contribution in [0.3, 0.4) is 0 Å². The minimum Gasteiger partial charge on any atom is -0.248 e. The van der Waals surface area contributed by atoms with Crippen molar-refractivity contribution >= 4 is 20.0 Å². The maximum Gasteiger partial charge on any atom is 0.267 e. The van der Waals surface area contributed by atoms with Gasteiger partial charge < -0.3 is 0 Å². The van der Waals surface area contributed by atoms with E-state index in [9.17, 15) is 16.8 Å². The molecule has 0 spiro atoms. The van der Waals surface area contributed by atoms with Gasteiger partial charge in [-0.1, -0.05) is 18.2 Å². The summed E-state index contributed by atoms with van der Waals surface area (Å²) in [6.07, 6.45) is 2.32. The van der Waals surface area contributed by atoms with Crippen LogP contribution < -0.4 is 0 Å². The van der Waals surface area contributed by atoms with Gasteiger partial charge in [0.1, 0.15) is 4.90 Å². The number of benzene rings is 1. The van der Waals surface area contributed by atoms with E-state index in [-0.39, 0.29) is 9.79 Å². The molecule has 2 aromatic rings. The summed E-state index contributed by atoms with van der Waals surface area (Å²) in [6, 6.07) is 9.08. The second-order valence-corrected chi connectivity index (χ2v) is 8.28. The normalized spacial score (nSPS) is 12.8. The van der Waals surface area contributed by atoms with Gasteiger partial charge in [0, 0.05) is 26.5 Å². The van der Waals surface area contributed by atoms with Crippen molar-refractivity contribution in [3.8, 4) is 0 Å². The predicted molar refractivity (Wildman–Crippen MR) is 74.3 cm³/mol. The molecule has 0 amide bonds. The Bertz CT molecular complexity index is 806. The van der Waals surface area contributed by atoms with Crippen molar-refractivity contribution in [3.05, 3.63) is 48.8 Å². The third-order valence-electron chi connectivity index (χ3n) is 2.74. The molecule has 1 heterocycles. The van der Waals surface area contributed by atoms with Gasteiger partial charge in [-0.3, -0.25) is 0 Å². The number of hydrogen-bond acceptors (Lipinski definition) is 4. The van der Waals surface area contributed by atoms with E-state index >= 15 is 0 Å². The van der Waals surface area contributed by atoms with E-state index in [1.807, 2.05) is 0 Å². The van der Waals surface area contributed by atoms with Crippen molar-refractivity contribution in [2.24, 2.45) is 0 Å². The molecular formula is C12H14N2O4S2. The van der Waals surface area contributed by atoms with Crippen LogP contribution in [-0.4, -0.2) is 39.2 Å². The number of rotatable bonds is 4. The number of aromatic nitrogens is 1. The van der Waals surface area contributed by atoms with Gasteiger partial charge in [0.2, 0.25) is 10.0 Å². The van der Waals surface area contributed by atoms with Crippen LogP contribution in [0.1, 0.15) is 0 Å². The zero-order valence-corrected chi connectivity index (χ0v) is 12.6. The van der Waals surface area contributed by atoms with E-state index in [1.54, 1.807) is 18.2 Å². The summed E-state index contributed by atoms with van der Waals surface area (Å²) in [5.41, 5.74) is 0. The molecule has 2 rings (SSSR count). The van der Waals surface area contributed by atoms with Gasteiger partial charge in [-0.25, -0.2) is 25.1 Å². The molecule has 0 bridgehead atoms. The zero-order valence-electron chi connectivity index (χ0n) is 11.0. The summed E-state index contributed by atoms with van der Waals surface area (Å²) >= 11 is 0. The zero-order chi connectivity index (χ0) is 15.0. The van der Waals surface area contributed by atoms with Crippen molar-refractivity contribution in [2.45, 2.75) is 9.79 Å². The van der Waals surface area contributed by atoms with Gasteiger partial charge in [-0.15, -0.1) is 0 Å². The summed E-state index contributed by atoms with van der Waals surface area (Å²) < 4.78 is 50.4. The Morgan fingerprint density at radius 1 is 0.900 bits per heavy atom. The van der Waals surface area contributed by atoms with Crippen LogP contribution in [0.15, 0.2) is 58.6 Å². The van der Waals surface area contributed by atoms with Crippen LogP contribution in [0, 0.1) is 0 Å². The van der Waals surface area contributed by atoms with Gasteiger partial charge in [0.05, 0.1) is 4.90 Å². The molecule has 8 heteroatoms.